The van der Waals surface area contributed by atoms with Gasteiger partial charge in [-0.05, 0) is 38.8 Å². The predicted octanol–water partition coefficient (Wildman–Crippen LogP) is 2.90. The summed E-state index contributed by atoms with van der Waals surface area (Å²) < 4.78 is 11.5. The van der Waals surface area contributed by atoms with Gasteiger partial charge in [0.1, 0.15) is 12.4 Å². The molecule has 5 atom stereocenters. The van der Waals surface area contributed by atoms with Crippen LogP contribution in [0.25, 0.3) is 0 Å². The van der Waals surface area contributed by atoms with Crippen LogP contribution in [0.1, 0.15) is 47.5 Å². The third-order valence-electron chi connectivity index (χ3n) is 6.59. The van der Waals surface area contributed by atoms with Crippen LogP contribution >= 0.6 is 0 Å². The number of carbonyl (C=O) groups excluding carboxylic acids is 3. The quantitative estimate of drug-likeness (QED) is 0.358. The summed E-state index contributed by atoms with van der Waals surface area (Å²) in [5.41, 5.74) is -0.883. The second-order valence-corrected chi connectivity index (χ2v) is 12.4. The number of carbonyl (C=O) groups is 3. The highest BCUT2D eigenvalue weighted by molar-refractivity contribution is 6.48. The Morgan fingerprint density at radius 1 is 1.30 bits per heavy atom. The molecule has 1 unspecified atom stereocenters. The van der Waals surface area contributed by atoms with E-state index in [1.165, 1.54) is 6.08 Å². The van der Waals surface area contributed by atoms with Crippen molar-refractivity contribution >= 4 is 26.8 Å². The van der Waals surface area contributed by atoms with Crippen LogP contribution in [-0.2, 0) is 18.8 Å². The van der Waals surface area contributed by atoms with Crippen molar-refractivity contribution in [3.63, 3.8) is 0 Å². The highest BCUT2D eigenvalue weighted by atomic mass is 28.3. The highest BCUT2D eigenvalue weighted by Crippen LogP contribution is 2.45. The van der Waals surface area contributed by atoms with Gasteiger partial charge in [-0.3, -0.25) is 9.59 Å². The maximum atomic E-state index is 13.0. The molecule has 2 heterocycles. The van der Waals surface area contributed by atoms with Gasteiger partial charge in [0.05, 0.1) is 17.6 Å². The first kappa shape index (κ1) is 24.6. The first-order valence-corrected chi connectivity index (χ1v) is 13.6. The number of β-lactam (4-membered cyclic amide) rings is 1. The Balaban J connectivity index is 2.07. The van der Waals surface area contributed by atoms with E-state index in [2.05, 4.69) is 45.8 Å². The Kier molecular flexibility index (Phi) is 7.56. The lowest BCUT2D eigenvalue weighted by Gasteiger charge is -2.54. The Bertz CT molecular complexity index is 690. The number of amides is 2. The molecule has 0 aromatic heterocycles. The van der Waals surface area contributed by atoms with Gasteiger partial charge < -0.3 is 19.4 Å². The minimum Gasteiger partial charge on any atom is -0.445 e. The molecule has 2 rings (SSSR count). The Morgan fingerprint density at radius 2 is 1.93 bits per heavy atom. The maximum Gasteiger partial charge on any atom is 0.410 e. The molecule has 8 heteroatoms. The molecule has 0 aliphatic carbocycles. The number of ether oxygens (including phenoxy) is 1. The zero-order chi connectivity index (χ0) is 22.9. The fraction of sp³-hybridized carbons (Fsp3) is 0.773. The molecule has 0 saturated carbocycles. The number of nitrogens with zero attached hydrogens (tertiary/aromatic N) is 1. The smallest absolute Gasteiger partial charge is 0.410 e. The van der Waals surface area contributed by atoms with Crippen molar-refractivity contribution in [1.29, 1.82) is 0 Å². The Labute approximate surface area is 182 Å². The van der Waals surface area contributed by atoms with E-state index >= 15 is 0 Å². The molecule has 170 valence electrons. The van der Waals surface area contributed by atoms with Gasteiger partial charge >= 0.3 is 6.09 Å². The molecule has 0 spiro atoms. The van der Waals surface area contributed by atoms with E-state index in [1.807, 2.05) is 13.8 Å². The first-order chi connectivity index (χ1) is 13.8. The van der Waals surface area contributed by atoms with E-state index in [4.69, 9.17) is 9.16 Å². The molecule has 0 radical (unpaired) electrons. The molecule has 0 bridgehead atoms. The third kappa shape index (κ3) is 4.96. The van der Waals surface area contributed by atoms with Gasteiger partial charge in [-0.1, -0.05) is 33.4 Å². The van der Waals surface area contributed by atoms with Gasteiger partial charge in [0, 0.05) is 24.9 Å². The average molecular weight is 439 g/mol. The highest BCUT2D eigenvalue weighted by Gasteiger charge is 2.57. The van der Waals surface area contributed by atoms with Crippen LogP contribution in [-0.4, -0.2) is 62.6 Å². The standard InChI is InChI=1S/C22H38N2O5Si/c1-9-10-28-20(27)24-13-15(11-14(24)2)17(25)12-16-18(19(26)23-16)22(6,21(3,4)5)29-30(7)8/h9,14-16,18,30H,1,10-13H2,2-8H3,(H,23,26)/t14-,15?,16-,18-,22-/m1/s1. The minimum absolute atomic E-state index is 0.0469. The summed E-state index contributed by atoms with van der Waals surface area (Å²) in [7, 11) is -1.41. The van der Waals surface area contributed by atoms with Crippen LogP contribution in [0.5, 0.6) is 0 Å². The lowest BCUT2D eigenvalue weighted by atomic mass is 9.63. The van der Waals surface area contributed by atoms with Crippen LogP contribution < -0.4 is 5.32 Å². The normalized spacial score (nSPS) is 28.5. The van der Waals surface area contributed by atoms with Crippen LogP contribution in [0.2, 0.25) is 13.1 Å². The molecule has 2 amide bonds. The molecular formula is C22H38N2O5Si. The van der Waals surface area contributed by atoms with Gasteiger partial charge in [0.2, 0.25) is 5.91 Å². The predicted molar refractivity (Wildman–Crippen MR) is 119 cm³/mol. The average Bonchev–Trinajstić information content (AvgIpc) is 2.99. The van der Waals surface area contributed by atoms with Crippen molar-refractivity contribution in [2.75, 3.05) is 13.2 Å². The van der Waals surface area contributed by atoms with Gasteiger partial charge in [-0.2, -0.15) is 0 Å². The van der Waals surface area contributed by atoms with Crippen molar-refractivity contribution in [3.8, 4) is 0 Å². The van der Waals surface area contributed by atoms with Gasteiger partial charge in [-0.15, -0.1) is 0 Å². The number of nitrogens with one attached hydrogen (secondary N) is 1. The number of Topliss-reactive ketones (excluding diaryl/α,β-unsaturated/α-hetero) is 1. The summed E-state index contributed by atoms with van der Waals surface area (Å²) in [5.74, 6) is -0.567. The SMILES string of the molecule is C=CCOC(=O)N1CC(C(=O)C[C@H]2NC(=O)[C@@H]2[C@@](C)(O[SiH](C)C)C(C)(C)C)C[C@H]1C. The van der Waals surface area contributed by atoms with Crippen molar-refractivity contribution in [1.82, 2.24) is 10.2 Å². The molecule has 2 fully saturated rings. The summed E-state index contributed by atoms with van der Waals surface area (Å²) in [6, 6.07) is -0.294. The number of hydrogen-bond acceptors (Lipinski definition) is 5. The Hall–Kier alpha value is -1.67. The van der Waals surface area contributed by atoms with Gasteiger partial charge in [0.15, 0.2) is 9.04 Å². The fourth-order valence-corrected chi connectivity index (χ4v) is 6.05. The van der Waals surface area contributed by atoms with Crippen molar-refractivity contribution in [3.05, 3.63) is 12.7 Å². The summed E-state index contributed by atoms with van der Waals surface area (Å²) >= 11 is 0. The molecule has 0 aromatic carbocycles. The molecule has 0 aromatic rings. The first-order valence-electron chi connectivity index (χ1n) is 10.9. The van der Waals surface area contributed by atoms with E-state index in [9.17, 15) is 14.4 Å². The lowest BCUT2D eigenvalue weighted by Crippen LogP contribution is -2.70. The molecule has 7 nitrogen and oxygen atoms in total. The van der Waals surface area contributed by atoms with Crippen LogP contribution in [0.3, 0.4) is 0 Å². The molecule has 2 saturated heterocycles. The van der Waals surface area contributed by atoms with E-state index in [-0.39, 0.29) is 54.1 Å². The van der Waals surface area contributed by atoms with Gasteiger partial charge in [-0.25, -0.2) is 4.79 Å². The van der Waals surface area contributed by atoms with Crippen LogP contribution in [0.4, 0.5) is 4.79 Å². The maximum absolute atomic E-state index is 13.0. The number of hydrogen-bond donors (Lipinski definition) is 1. The monoisotopic (exact) mass is 438 g/mol. The molecular weight excluding hydrogens is 400 g/mol. The summed E-state index contributed by atoms with van der Waals surface area (Å²) in [4.78, 5) is 39.4. The second kappa shape index (κ2) is 9.22. The minimum atomic E-state index is -1.41. The zero-order valence-electron chi connectivity index (χ0n) is 19.5. The van der Waals surface area contributed by atoms with Crippen molar-refractivity contribution < 1.29 is 23.5 Å². The zero-order valence-corrected chi connectivity index (χ0v) is 20.6. The van der Waals surface area contributed by atoms with E-state index in [1.54, 1.807) is 4.90 Å². The Morgan fingerprint density at radius 3 is 2.43 bits per heavy atom. The van der Waals surface area contributed by atoms with E-state index in [0.29, 0.717) is 13.0 Å². The summed E-state index contributed by atoms with van der Waals surface area (Å²) in [5, 5.41) is 2.93. The second-order valence-electron chi connectivity index (χ2n) is 10.1. The van der Waals surface area contributed by atoms with E-state index < -0.39 is 20.7 Å². The summed E-state index contributed by atoms with van der Waals surface area (Å²) in [6.45, 7) is 18.4. The topological polar surface area (TPSA) is 84.9 Å². The van der Waals surface area contributed by atoms with E-state index in [0.717, 1.165) is 0 Å². The number of ketones is 1. The number of rotatable bonds is 8. The fourth-order valence-electron chi connectivity index (χ4n) is 4.57. The molecule has 1 N–H and O–H groups in total. The third-order valence-corrected chi connectivity index (χ3v) is 7.55. The lowest BCUT2D eigenvalue weighted by molar-refractivity contribution is -0.160. The molecule has 30 heavy (non-hydrogen) atoms. The van der Waals surface area contributed by atoms with Crippen LogP contribution in [0, 0.1) is 17.3 Å². The van der Waals surface area contributed by atoms with Crippen molar-refractivity contribution in [2.24, 2.45) is 17.3 Å². The largest absolute Gasteiger partial charge is 0.445 e. The molecule has 2 aliphatic rings. The van der Waals surface area contributed by atoms with Crippen LogP contribution in [0.15, 0.2) is 12.7 Å². The van der Waals surface area contributed by atoms with Gasteiger partial charge in [0.25, 0.3) is 0 Å². The van der Waals surface area contributed by atoms with Crippen molar-refractivity contribution in [2.45, 2.75) is 78.2 Å². The summed E-state index contributed by atoms with van der Waals surface area (Å²) in [6.07, 6.45) is 1.98. The number of likely N-dealkylation sites (tertiary alicyclic amines) is 1. The molecule has 2 aliphatic heterocycles.